The first-order valence-electron chi connectivity index (χ1n) is 7.80. The van der Waals surface area contributed by atoms with Crippen molar-refractivity contribution in [3.05, 3.63) is 71.3 Å². The summed E-state index contributed by atoms with van der Waals surface area (Å²) in [5.74, 6) is 1.45. The van der Waals surface area contributed by atoms with E-state index in [-0.39, 0.29) is 0 Å². The molecular weight excluding hydrogens is 242 g/mol. The van der Waals surface area contributed by atoms with Crippen molar-refractivity contribution in [1.82, 2.24) is 5.32 Å². The Morgan fingerprint density at radius 3 is 2.20 bits per heavy atom. The first-order valence-corrected chi connectivity index (χ1v) is 7.80. The Hall–Kier alpha value is -1.60. The van der Waals surface area contributed by atoms with Crippen LogP contribution in [0.4, 0.5) is 0 Å². The van der Waals surface area contributed by atoms with Crippen molar-refractivity contribution in [2.24, 2.45) is 0 Å². The van der Waals surface area contributed by atoms with Crippen LogP contribution in [0, 0.1) is 0 Å². The van der Waals surface area contributed by atoms with Crippen LogP contribution in [0.25, 0.3) is 0 Å². The van der Waals surface area contributed by atoms with Crippen molar-refractivity contribution in [1.29, 1.82) is 0 Å². The van der Waals surface area contributed by atoms with Crippen LogP contribution in [0.5, 0.6) is 0 Å². The van der Waals surface area contributed by atoms with Gasteiger partial charge in [-0.25, -0.2) is 0 Å². The van der Waals surface area contributed by atoms with Crippen LogP contribution in [-0.4, -0.2) is 6.54 Å². The molecule has 20 heavy (non-hydrogen) atoms. The zero-order chi connectivity index (χ0) is 13.4. The second kappa shape index (κ2) is 5.06. The Bertz CT molecular complexity index is 586. The maximum atomic E-state index is 3.74. The largest absolute Gasteiger partial charge is 0.309 e. The quantitative estimate of drug-likeness (QED) is 0.866. The molecular formula is C19H21N. The highest BCUT2D eigenvalue weighted by atomic mass is 15.0. The Kier molecular flexibility index (Phi) is 3.08. The highest BCUT2D eigenvalue weighted by Gasteiger charge is 2.34. The second-order valence-electron chi connectivity index (χ2n) is 6.14. The number of hydrogen-bond donors (Lipinski definition) is 1. The monoisotopic (exact) mass is 263 g/mol. The molecule has 102 valence electrons. The van der Waals surface area contributed by atoms with Gasteiger partial charge in [-0.3, -0.25) is 0 Å². The smallest absolute Gasteiger partial charge is 0.0392 e. The lowest BCUT2D eigenvalue weighted by Crippen LogP contribution is -2.18. The lowest BCUT2D eigenvalue weighted by atomic mass is 9.85. The number of nitrogens with one attached hydrogen (secondary N) is 1. The molecule has 1 N–H and O–H groups in total. The fourth-order valence-electron chi connectivity index (χ4n) is 3.65. The van der Waals surface area contributed by atoms with Gasteiger partial charge in [0.1, 0.15) is 0 Å². The van der Waals surface area contributed by atoms with Gasteiger partial charge in [-0.2, -0.15) is 0 Å². The van der Waals surface area contributed by atoms with E-state index in [0.29, 0.717) is 12.0 Å². The average Bonchev–Trinajstić information content (AvgIpc) is 3.25. The van der Waals surface area contributed by atoms with Gasteiger partial charge in [-0.15, -0.1) is 0 Å². The summed E-state index contributed by atoms with van der Waals surface area (Å²) in [7, 11) is 0. The van der Waals surface area contributed by atoms with Crippen LogP contribution in [0.15, 0.2) is 54.6 Å². The summed E-state index contributed by atoms with van der Waals surface area (Å²) in [6.07, 6.45) is 3.99. The van der Waals surface area contributed by atoms with Crippen LogP contribution in [0.2, 0.25) is 0 Å². The number of rotatable bonds is 3. The van der Waals surface area contributed by atoms with Gasteiger partial charge in [0.25, 0.3) is 0 Å². The van der Waals surface area contributed by atoms with E-state index in [1.54, 1.807) is 11.1 Å². The summed E-state index contributed by atoms with van der Waals surface area (Å²) in [6.45, 7) is 1.13. The molecule has 2 fully saturated rings. The molecule has 2 aliphatic rings. The summed E-state index contributed by atoms with van der Waals surface area (Å²) in [5, 5.41) is 3.74. The topological polar surface area (TPSA) is 12.0 Å². The van der Waals surface area contributed by atoms with Crippen molar-refractivity contribution < 1.29 is 0 Å². The van der Waals surface area contributed by atoms with Crippen molar-refractivity contribution in [2.45, 2.75) is 37.1 Å². The SMILES string of the molecule is c1ccc(C2CCNC2c2ccccc2C2CC2)cc1. The first-order chi connectivity index (χ1) is 9.93. The van der Waals surface area contributed by atoms with Crippen molar-refractivity contribution >= 4 is 0 Å². The van der Waals surface area contributed by atoms with E-state index in [0.717, 1.165) is 12.5 Å². The molecule has 1 aliphatic carbocycles. The molecule has 1 heteroatoms. The van der Waals surface area contributed by atoms with E-state index in [1.165, 1.54) is 24.8 Å². The van der Waals surface area contributed by atoms with Gasteiger partial charge in [0, 0.05) is 12.0 Å². The Balaban J connectivity index is 1.70. The zero-order valence-electron chi connectivity index (χ0n) is 11.8. The molecule has 1 aliphatic heterocycles. The van der Waals surface area contributed by atoms with Crippen LogP contribution in [0.3, 0.4) is 0 Å². The fourth-order valence-corrected chi connectivity index (χ4v) is 3.65. The van der Waals surface area contributed by atoms with E-state index in [4.69, 9.17) is 0 Å². The zero-order valence-corrected chi connectivity index (χ0v) is 11.8. The van der Waals surface area contributed by atoms with Crippen molar-refractivity contribution in [3.8, 4) is 0 Å². The van der Waals surface area contributed by atoms with Crippen molar-refractivity contribution in [2.75, 3.05) is 6.54 Å². The lowest BCUT2D eigenvalue weighted by Gasteiger charge is -2.23. The van der Waals surface area contributed by atoms with Gasteiger partial charge in [0.05, 0.1) is 0 Å². The van der Waals surface area contributed by atoms with Crippen LogP contribution in [-0.2, 0) is 0 Å². The molecule has 0 amide bonds. The summed E-state index contributed by atoms with van der Waals surface area (Å²) in [6, 6.07) is 20.6. The first kappa shape index (κ1) is 12.2. The van der Waals surface area contributed by atoms with Gasteiger partial charge in [0.15, 0.2) is 0 Å². The molecule has 2 unspecified atom stereocenters. The van der Waals surface area contributed by atoms with Crippen LogP contribution in [0.1, 0.15) is 53.8 Å². The predicted octanol–water partition coefficient (Wildman–Crippen LogP) is 4.38. The van der Waals surface area contributed by atoms with E-state index >= 15 is 0 Å². The Morgan fingerprint density at radius 2 is 1.45 bits per heavy atom. The maximum Gasteiger partial charge on any atom is 0.0392 e. The minimum Gasteiger partial charge on any atom is -0.309 e. The molecule has 4 rings (SSSR count). The van der Waals surface area contributed by atoms with Gasteiger partial charge in [0.2, 0.25) is 0 Å². The van der Waals surface area contributed by atoms with Crippen LogP contribution >= 0.6 is 0 Å². The molecule has 1 saturated heterocycles. The van der Waals surface area contributed by atoms with Gasteiger partial charge in [-0.1, -0.05) is 54.6 Å². The van der Waals surface area contributed by atoms with E-state index in [1.807, 2.05) is 0 Å². The molecule has 1 saturated carbocycles. The standard InChI is InChI=1S/C19H21N/c1-2-6-14(7-3-1)17-12-13-20-19(17)18-9-5-4-8-16(18)15-10-11-15/h1-9,15,17,19-20H,10-13H2. The molecule has 0 spiro atoms. The normalized spacial score (nSPS) is 25.8. The predicted molar refractivity (Wildman–Crippen MR) is 83.0 cm³/mol. The van der Waals surface area contributed by atoms with E-state index in [2.05, 4.69) is 59.9 Å². The molecule has 0 bridgehead atoms. The van der Waals surface area contributed by atoms with E-state index < -0.39 is 0 Å². The molecule has 2 atom stereocenters. The third-order valence-corrected chi connectivity index (χ3v) is 4.80. The Labute approximate surface area is 121 Å². The second-order valence-corrected chi connectivity index (χ2v) is 6.14. The van der Waals surface area contributed by atoms with Gasteiger partial charge in [-0.05, 0) is 48.4 Å². The summed E-state index contributed by atoms with van der Waals surface area (Å²) in [5.41, 5.74) is 4.61. The minimum absolute atomic E-state index is 0.495. The van der Waals surface area contributed by atoms with Gasteiger partial charge < -0.3 is 5.32 Å². The number of benzene rings is 2. The molecule has 2 aromatic carbocycles. The fraction of sp³-hybridized carbons (Fsp3) is 0.368. The highest BCUT2D eigenvalue weighted by Crippen LogP contribution is 2.46. The maximum absolute atomic E-state index is 3.74. The highest BCUT2D eigenvalue weighted by molar-refractivity contribution is 5.39. The molecule has 0 radical (unpaired) electrons. The van der Waals surface area contributed by atoms with E-state index in [9.17, 15) is 0 Å². The molecule has 1 nitrogen and oxygen atoms in total. The molecule has 1 heterocycles. The third-order valence-electron chi connectivity index (χ3n) is 4.80. The Morgan fingerprint density at radius 1 is 0.750 bits per heavy atom. The minimum atomic E-state index is 0.495. The van der Waals surface area contributed by atoms with Crippen LogP contribution < -0.4 is 5.32 Å². The lowest BCUT2D eigenvalue weighted by molar-refractivity contribution is 0.572. The summed E-state index contributed by atoms with van der Waals surface area (Å²) in [4.78, 5) is 0. The third kappa shape index (κ3) is 2.16. The molecule has 0 aromatic heterocycles. The van der Waals surface area contributed by atoms with Gasteiger partial charge >= 0.3 is 0 Å². The summed E-state index contributed by atoms with van der Waals surface area (Å²) < 4.78 is 0. The number of hydrogen-bond acceptors (Lipinski definition) is 1. The average molecular weight is 263 g/mol. The summed E-state index contributed by atoms with van der Waals surface area (Å²) >= 11 is 0. The van der Waals surface area contributed by atoms with Crippen molar-refractivity contribution in [3.63, 3.8) is 0 Å². The molecule has 2 aromatic rings.